The third kappa shape index (κ3) is 30.6. The second-order valence-electron chi connectivity index (χ2n) is 18.7. The number of ether oxygens (including phenoxy) is 3. The van der Waals surface area contributed by atoms with Crippen molar-refractivity contribution >= 4 is 11.9 Å². The predicted octanol–water partition coefficient (Wildman–Crippen LogP) is 16.5. The number of epoxide rings is 1. The normalized spacial score (nSPS) is 18.8. The minimum atomic E-state index is -0.415. The van der Waals surface area contributed by atoms with Crippen LogP contribution in [0.2, 0.25) is 0 Å². The van der Waals surface area contributed by atoms with Crippen molar-refractivity contribution in [3.8, 4) is 0 Å². The van der Waals surface area contributed by atoms with E-state index in [1.165, 1.54) is 231 Å². The highest BCUT2D eigenvalue weighted by Crippen LogP contribution is 2.44. The molecular weight excluding hydrogens is 705 g/mol. The summed E-state index contributed by atoms with van der Waals surface area (Å²) in [5, 5.41) is 0. The van der Waals surface area contributed by atoms with Crippen molar-refractivity contribution in [1.82, 2.24) is 0 Å². The Bertz CT molecular complexity index is 820. The van der Waals surface area contributed by atoms with E-state index >= 15 is 0 Å². The Balaban J connectivity index is 1.34. The maximum absolute atomic E-state index is 13.1. The molecule has 1 heterocycles. The van der Waals surface area contributed by atoms with Crippen molar-refractivity contribution in [3.63, 3.8) is 0 Å². The van der Waals surface area contributed by atoms with E-state index in [1.54, 1.807) is 0 Å². The molecule has 0 aromatic heterocycles. The lowest BCUT2D eigenvalue weighted by Gasteiger charge is -2.26. The molecule has 0 spiro atoms. The van der Waals surface area contributed by atoms with Crippen molar-refractivity contribution < 1.29 is 23.8 Å². The SMILES string of the molecule is CCCCCCCCCCCCCCCCCCCCCCOC(=O)C1CC2OC2CC1C(=O)OCCCCCCCCCCCCCCCCCCCCCC. The zero-order valence-corrected chi connectivity index (χ0v) is 38.5. The zero-order valence-electron chi connectivity index (χ0n) is 38.5. The Labute approximate surface area is 355 Å². The predicted molar refractivity (Wildman–Crippen MR) is 243 cm³/mol. The van der Waals surface area contributed by atoms with Gasteiger partial charge in [-0.2, -0.15) is 0 Å². The molecule has 0 aromatic carbocycles. The first kappa shape index (κ1) is 52.0. The molecule has 5 heteroatoms. The number of unbranched alkanes of at least 4 members (excludes halogenated alkanes) is 38. The molecule has 0 aromatic rings. The largest absolute Gasteiger partial charge is 0.465 e. The summed E-state index contributed by atoms with van der Waals surface area (Å²) in [5.74, 6) is -1.27. The molecule has 1 aliphatic heterocycles. The van der Waals surface area contributed by atoms with Gasteiger partial charge in [-0.3, -0.25) is 9.59 Å². The van der Waals surface area contributed by atoms with E-state index in [2.05, 4.69) is 13.8 Å². The fourth-order valence-electron chi connectivity index (χ4n) is 9.22. The highest BCUT2D eigenvalue weighted by molar-refractivity contribution is 5.82. The van der Waals surface area contributed by atoms with Crippen LogP contribution in [0, 0.1) is 11.8 Å². The van der Waals surface area contributed by atoms with Crippen LogP contribution in [0.3, 0.4) is 0 Å². The van der Waals surface area contributed by atoms with Crippen LogP contribution in [0.1, 0.15) is 284 Å². The van der Waals surface area contributed by atoms with E-state index in [0.29, 0.717) is 26.1 Å². The van der Waals surface area contributed by atoms with Crippen LogP contribution in [0.25, 0.3) is 0 Å². The van der Waals surface area contributed by atoms with Crippen LogP contribution in [-0.4, -0.2) is 37.4 Å². The molecular formula is C52H98O5. The number of carbonyl (C=O) groups excluding carboxylic acids is 2. The van der Waals surface area contributed by atoms with Gasteiger partial charge in [-0.15, -0.1) is 0 Å². The standard InChI is InChI=1S/C52H98O5/c1-3-5-7-9-11-13-15-17-19-21-23-25-27-29-31-33-35-37-39-41-43-55-51(53)47-45-49-50(57-49)46-48(47)52(54)56-44-42-40-38-36-34-32-30-28-26-24-22-20-18-16-14-12-10-8-6-4-2/h47-50H,3-46H2,1-2H3. The Hall–Kier alpha value is -1.10. The number of carbonyl (C=O) groups is 2. The van der Waals surface area contributed by atoms with Crippen LogP contribution >= 0.6 is 0 Å². The molecule has 2 fully saturated rings. The first-order valence-electron chi connectivity index (χ1n) is 26.2. The summed E-state index contributed by atoms with van der Waals surface area (Å²) in [5.41, 5.74) is 0. The number of rotatable bonds is 44. The molecule has 0 amide bonds. The van der Waals surface area contributed by atoms with Gasteiger partial charge in [0.15, 0.2) is 0 Å². The van der Waals surface area contributed by atoms with Gasteiger partial charge in [0.2, 0.25) is 0 Å². The van der Waals surface area contributed by atoms with Gasteiger partial charge >= 0.3 is 11.9 Å². The Morgan fingerprint density at radius 3 is 0.737 bits per heavy atom. The maximum Gasteiger partial charge on any atom is 0.309 e. The van der Waals surface area contributed by atoms with Crippen LogP contribution < -0.4 is 0 Å². The van der Waals surface area contributed by atoms with Crippen molar-refractivity contribution in [2.75, 3.05) is 13.2 Å². The molecule has 4 unspecified atom stereocenters. The highest BCUT2D eigenvalue weighted by Gasteiger charge is 2.53. The molecule has 2 aliphatic rings. The maximum atomic E-state index is 13.1. The molecule has 336 valence electrons. The smallest absolute Gasteiger partial charge is 0.309 e. The van der Waals surface area contributed by atoms with Gasteiger partial charge in [-0.25, -0.2) is 0 Å². The summed E-state index contributed by atoms with van der Waals surface area (Å²) >= 11 is 0. The molecule has 2 rings (SSSR count). The van der Waals surface area contributed by atoms with E-state index in [4.69, 9.17) is 14.2 Å². The lowest BCUT2D eigenvalue weighted by Crippen LogP contribution is -2.37. The highest BCUT2D eigenvalue weighted by atomic mass is 16.6. The average Bonchev–Trinajstić information content (AvgIpc) is 4.00. The number of hydrogen-bond acceptors (Lipinski definition) is 5. The molecule has 0 radical (unpaired) electrons. The van der Waals surface area contributed by atoms with Crippen LogP contribution in [0.5, 0.6) is 0 Å². The molecule has 5 nitrogen and oxygen atoms in total. The molecule has 0 N–H and O–H groups in total. The van der Waals surface area contributed by atoms with Crippen molar-refractivity contribution in [2.45, 2.75) is 296 Å². The van der Waals surface area contributed by atoms with E-state index in [1.807, 2.05) is 0 Å². The summed E-state index contributed by atoms with van der Waals surface area (Å²) in [6.45, 7) is 5.51. The minimum Gasteiger partial charge on any atom is -0.465 e. The Kier molecular flexibility index (Phi) is 35.7. The number of esters is 2. The zero-order chi connectivity index (χ0) is 40.7. The van der Waals surface area contributed by atoms with Crippen LogP contribution in [0.15, 0.2) is 0 Å². The number of fused-ring (bicyclic) bond motifs is 1. The monoisotopic (exact) mass is 803 g/mol. The van der Waals surface area contributed by atoms with Crippen LogP contribution in [0.4, 0.5) is 0 Å². The van der Waals surface area contributed by atoms with Crippen molar-refractivity contribution in [1.29, 1.82) is 0 Å². The molecule has 1 saturated carbocycles. The average molecular weight is 803 g/mol. The summed E-state index contributed by atoms with van der Waals surface area (Å²) in [7, 11) is 0. The Morgan fingerprint density at radius 1 is 0.333 bits per heavy atom. The van der Waals surface area contributed by atoms with E-state index in [0.717, 1.165) is 25.7 Å². The first-order valence-corrected chi connectivity index (χ1v) is 26.2. The quantitative estimate of drug-likeness (QED) is 0.0349. The molecule has 4 atom stereocenters. The Morgan fingerprint density at radius 2 is 0.526 bits per heavy atom. The van der Waals surface area contributed by atoms with E-state index in [-0.39, 0.29) is 24.1 Å². The third-order valence-corrected chi connectivity index (χ3v) is 13.2. The van der Waals surface area contributed by atoms with E-state index < -0.39 is 11.8 Å². The lowest BCUT2D eigenvalue weighted by atomic mass is 9.79. The third-order valence-electron chi connectivity index (χ3n) is 13.2. The van der Waals surface area contributed by atoms with Gasteiger partial charge < -0.3 is 14.2 Å². The first-order chi connectivity index (χ1) is 28.2. The van der Waals surface area contributed by atoms with Gasteiger partial charge in [0, 0.05) is 0 Å². The lowest BCUT2D eigenvalue weighted by molar-refractivity contribution is -0.162. The summed E-state index contributed by atoms with van der Waals surface area (Å²) in [4.78, 5) is 26.1. The second kappa shape index (κ2) is 39.1. The fourth-order valence-corrected chi connectivity index (χ4v) is 9.22. The van der Waals surface area contributed by atoms with Gasteiger partial charge in [-0.1, -0.05) is 258 Å². The minimum absolute atomic E-state index is 0.121. The van der Waals surface area contributed by atoms with Gasteiger partial charge in [0.1, 0.15) is 0 Å². The van der Waals surface area contributed by atoms with Gasteiger partial charge in [0.05, 0.1) is 37.3 Å². The van der Waals surface area contributed by atoms with E-state index in [9.17, 15) is 9.59 Å². The summed E-state index contributed by atoms with van der Waals surface area (Å²) in [6, 6.07) is 0. The van der Waals surface area contributed by atoms with Crippen LogP contribution in [-0.2, 0) is 23.8 Å². The molecule has 1 saturated heterocycles. The molecule has 0 bridgehead atoms. The summed E-state index contributed by atoms with van der Waals surface area (Å²) < 4.78 is 17.2. The van der Waals surface area contributed by atoms with Gasteiger partial charge in [-0.05, 0) is 25.7 Å². The second-order valence-corrected chi connectivity index (χ2v) is 18.7. The summed E-state index contributed by atoms with van der Waals surface area (Å²) in [6.07, 6.45) is 55.7. The molecule has 57 heavy (non-hydrogen) atoms. The molecule has 1 aliphatic carbocycles. The fraction of sp³-hybridized carbons (Fsp3) is 0.962. The van der Waals surface area contributed by atoms with Gasteiger partial charge in [0.25, 0.3) is 0 Å². The number of hydrogen-bond donors (Lipinski definition) is 0. The topological polar surface area (TPSA) is 65.1 Å². The van der Waals surface area contributed by atoms with Crippen molar-refractivity contribution in [2.24, 2.45) is 11.8 Å². The van der Waals surface area contributed by atoms with Crippen molar-refractivity contribution in [3.05, 3.63) is 0 Å².